The van der Waals surface area contributed by atoms with E-state index in [1.165, 1.54) is 0 Å². The summed E-state index contributed by atoms with van der Waals surface area (Å²) < 4.78 is 34.3. The molecule has 11 heteroatoms. The number of benzene rings is 2. The average molecular weight is 572 g/mol. The Kier molecular flexibility index (Phi) is 9.01. The second kappa shape index (κ2) is 12.6. The van der Waals surface area contributed by atoms with E-state index in [0.29, 0.717) is 31.8 Å². The van der Waals surface area contributed by atoms with Gasteiger partial charge in [-0.05, 0) is 62.2 Å². The number of sulfonamides is 1. The van der Waals surface area contributed by atoms with Crippen LogP contribution < -0.4 is 15.0 Å². The minimum Gasteiger partial charge on any atom is -0.494 e. The first-order chi connectivity index (χ1) is 18.9. The van der Waals surface area contributed by atoms with Crippen molar-refractivity contribution in [3.05, 3.63) is 48.0 Å². The predicted octanol–water partition coefficient (Wildman–Crippen LogP) is 3.81. The van der Waals surface area contributed by atoms with Crippen molar-refractivity contribution in [2.75, 3.05) is 63.9 Å². The molecule has 1 aromatic heterocycles. The predicted molar refractivity (Wildman–Crippen MR) is 155 cm³/mol. The van der Waals surface area contributed by atoms with Gasteiger partial charge >= 0.3 is 0 Å². The molecule has 0 aliphatic carbocycles. The molecule has 3 heterocycles. The van der Waals surface area contributed by atoms with Crippen LogP contribution in [0.5, 0.6) is 5.75 Å². The first-order valence-corrected chi connectivity index (χ1v) is 16.1. The molecule has 9 nitrogen and oxygen atoms in total. The molecule has 0 atom stereocenters. The first-order valence-electron chi connectivity index (χ1n) is 13.8. The Morgan fingerprint density at radius 2 is 1.69 bits per heavy atom. The van der Waals surface area contributed by atoms with Gasteiger partial charge in [-0.15, -0.1) is 0 Å². The van der Waals surface area contributed by atoms with Crippen LogP contribution in [-0.2, 0) is 10.0 Å². The zero-order chi connectivity index (χ0) is 27.2. The maximum atomic E-state index is 13.0. The van der Waals surface area contributed by atoms with Gasteiger partial charge in [-0.2, -0.15) is 4.31 Å². The fraction of sp³-hybridized carbons (Fsp3) is 0.500. The summed E-state index contributed by atoms with van der Waals surface area (Å²) in [5, 5.41) is 4.01. The Bertz CT molecular complexity index is 1360. The lowest BCUT2D eigenvalue weighted by Gasteiger charge is -2.34. The van der Waals surface area contributed by atoms with Crippen LogP contribution in [-0.4, -0.2) is 87.5 Å². The lowest BCUT2D eigenvalue weighted by atomic mass is 10.2. The second-order valence-corrected chi connectivity index (χ2v) is 12.9. The summed E-state index contributed by atoms with van der Waals surface area (Å²) >= 11 is 1.69. The molecule has 1 amide bonds. The Labute approximate surface area is 234 Å². The van der Waals surface area contributed by atoms with Gasteiger partial charge in [0.05, 0.1) is 21.7 Å². The number of hydrogen-bond donors (Lipinski definition) is 1. The molecule has 39 heavy (non-hydrogen) atoms. The van der Waals surface area contributed by atoms with Crippen molar-refractivity contribution < 1.29 is 17.9 Å². The molecule has 2 aliphatic heterocycles. The summed E-state index contributed by atoms with van der Waals surface area (Å²) in [6.07, 6.45) is 3.93. The number of carbonyl (C=O) groups is 1. The summed E-state index contributed by atoms with van der Waals surface area (Å²) in [5.41, 5.74) is 1.47. The normalized spacial score (nSPS) is 17.7. The van der Waals surface area contributed by atoms with Crippen LogP contribution in [0.15, 0.2) is 47.4 Å². The van der Waals surface area contributed by atoms with Gasteiger partial charge in [-0.1, -0.05) is 24.2 Å². The van der Waals surface area contributed by atoms with Crippen molar-refractivity contribution in [2.45, 2.75) is 37.5 Å². The summed E-state index contributed by atoms with van der Waals surface area (Å²) in [6, 6.07) is 12.3. The number of nitrogens with one attached hydrogen (secondary N) is 1. The molecule has 0 bridgehead atoms. The van der Waals surface area contributed by atoms with Gasteiger partial charge in [0.1, 0.15) is 5.75 Å². The minimum atomic E-state index is -3.51. The lowest BCUT2D eigenvalue weighted by molar-refractivity contribution is 0.0947. The topological polar surface area (TPSA) is 95.1 Å². The van der Waals surface area contributed by atoms with E-state index in [9.17, 15) is 13.2 Å². The fourth-order valence-corrected chi connectivity index (χ4v) is 7.65. The molecule has 0 unspecified atom stereocenters. The molecular weight excluding hydrogens is 534 g/mol. The monoisotopic (exact) mass is 571 g/mol. The van der Waals surface area contributed by atoms with Crippen LogP contribution in [0.25, 0.3) is 10.2 Å². The Morgan fingerprint density at radius 3 is 2.38 bits per heavy atom. The van der Waals surface area contributed by atoms with E-state index >= 15 is 0 Å². The zero-order valence-corrected chi connectivity index (χ0v) is 24.1. The third kappa shape index (κ3) is 6.71. The third-order valence-corrected chi connectivity index (χ3v) is 10.3. The van der Waals surface area contributed by atoms with Gasteiger partial charge in [-0.25, -0.2) is 13.4 Å². The summed E-state index contributed by atoms with van der Waals surface area (Å²) in [6.45, 7) is 8.64. The zero-order valence-electron chi connectivity index (χ0n) is 22.5. The number of ether oxygens (including phenoxy) is 1. The first kappa shape index (κ1) is 27.8. The SMILES string of the molecule is CCOc1ccc2nc(N3CCN(CCNC(=O)c4ccc(S(=O)(=O)N5CCCCCC5)cc4)CC3)sc2c1. The van der Waals surface area contributed by atoms with Crippen molar-refractivity contribution in [3.8, 4) is 5.75 Å². The second-order valence-electron chi connectivity index (χ2n) is 9.99. The molecule has 210 valence electrons. The third-order valence-electron chi connectivity index (χ3n) is 7.34. The van der Waals surface area contributed by atoms with Crippen LogP contribution in [0.1, 0.15) is 43.0 Å². The smallest absolute Gasteiger partial charge is 0.251 e. The number of rotatable bonds is 9. The Morgan fingerprint density at radius 1 is 0.974 bits per heavy atom. The molecular formula is C28H37N5O4S2. The average Bonchev–Trinajstić information content (AvgIpc) is 3.17. The van der Waals surface area contributed by atoms with Gasteiger partial charge in [0, 0.05) is 57.9 Å². The maximum Gasteiger partial charge on any atom is 0.251 e. The van der Waals surface area contributed by atoms with Gasteiger partial charge in [0.25, 0.3) is 5.91 Å². The quantitative estimate of drug-likeness (QED) is 0.417. The summed E-state index contributed by atoms with van der Waals surface area (Å²) in [5.74, 6) is 0.689. The van der Waals surface area contributed by atoms with Crippen LogP contribution in [0.2, 0.25) is 0 Å². The van der Waals surface area contributed by atoms with Crippen molar-refractivity contribution in [1.29, 1.82) is 0 Å². The molecule has 5 rings (SSSR count). The number of carbonyl (C=O) groups excluding carboxylic acids is 1. The standard InChI is InChI=1S/C28H37N5O4S2/c1-2-37-23-9-12-25-26(21-23)38-28(30-25)32-19-17-31(18-20-32)16-13-29-27(34)22-7-10-24(11-8-22)39(35,36)33-14-5-3-4-6-15-33/h7-12,21H,2-6,13-20H2,1H3,(H,29,34). The minimum absolute atomic E-state index is 0.187. The van der Waals surface area contributed by atoms with E-state index in [1.54, 1.807) is 39.9 Å². The van der Waals surface area contributed by atoms with Crippen LogP contribution in [0.3, 0.4) is 0 Å². The Hall–Kier alpha value is -2.73. The largest absolute Gasteiger partial charge is 0.494 e. The highest BCUT2D eigenvalue weighted by molar-refractivity contribution is 7.89. The molecule has 1 N–H and O–H groups in total. The molecule has 2 aromatic carbocycles. The lowest BCUT2D eigenvalue weighted by Crippen LogP contribution is -2.48. The molecule has 2 fully saturated rings. The number of nitrogens with zero attached hydrogens (tertiary/aromatic N) is 4. The maximum absolute atomic E-state index is 13.0. The van der Waals surface area contributed by atoms with Crippen LogP contribution in [0.4, 0.5) is 5.13 Å². The van der Waals surface area contributed by atoms with Crippen molar-refractivity contribution in [2.24, 2.45) is 0 Å². The number of amides is 1. The van der Waals surface area contributed by atoms with E-state index < -0.39 is 10.0 Å². The molecule has 2 aliphatic rings. The van der Waals surface area contributed by atoms with Crippen molar-refractivity contribution in [1.82, 2.24) is 19.5 Å². The van der Waals surface area contributed by atoms with E-state index in [0.717, 1.165) is 79.5 Å². The number of fused-ring (bicyclic) bond motifs is 1. The Balaban J connectivity index is 1.07. The molecule has 2 saturated heterocycles. The number of anilines is 1. The number of thiazole rings is 1. The number of piperazine rings is 1. The van der Waals surface area contributed by atoms with E-state index in [-0.39, 0.29) is 10.8 Å². The van der Waals surface area contributed by atoms with E-state index in [4.69, 9.17) is 9.72 Å². The summed E-state index contributed by atoms with van der Waals surface area (Å²) in [7, 11) is -3.51. The van der Waals surface area contributed by atoms with Crippen LogP contribution in [0, 0.1) is 0 Å². The highest BCUT2D eigenvalue weighted by Crippen LogP contribution is 2.32. The summed E-state index contributed by atoms with van der Waals surface area (Å²) in [4.78, 5) is 22.4. The van der Waals surface area contributed by atoms with Gasteiger partial charge in [-0.3, -0.25) is 9.69 Å². The van der Waals surface area contributed by atoms with Crippen molar-refractivity contribution >= 4 is 42.6 Å². The fourth-order valence-electron chi connectivity index (χ4n) is 5.09. The molecule has 3 aromatic rings. The van der Waals surface area contributed by atoms with Crippen LogP contribution >= 0.6 is 11.3 Å². The number of aromatic nitrogens is 1. The highest BCUT2D eigenvalue weighted by atomic mass is 32.2. The van der Waals surface area contributed by atoms with E-state index in [2.05, 4.69) is 21.2 Å². The highest BCUT2D eigenvalue weighted by Gasteiger charge is 2.25. The van der Waals surface area contributed by atoms with Crippen molar-refractivity contribution in [3.63, 3.8) is 0 Å². The molecule has 0 radical (unpaired) electrons. The van der Waals surface area contributed by atoms with Gasteiger partial charge < -0.3 is 15.0 Å². The molecule has 0 spiro atoms. The number of hydrogen-bond acceptors (Lipinski definition) is 8. The molecule has 0 saturated carbocycles. The van der Waals surface area contributed by atoms with Gasteiger partial charge in [0.15, 0.2) is 5.13 Å². The van der Waals surface area contributed by atoms with E-state index in [1.807, 2.05) is 19.1 Å². The van der Waals surface area contributed by atoms with Gasteiger partial charge in [0.2, 0.25) is 10.0 Å².